The lowest BCUT2D eigenvalue weighted by atomic mass is 9.87. The molecular weight excluding hydrogens is 338 g/mol. The molecule has 0 fully saturated rings. The fourth-order valence-electron chi connectivity index (χ4n) is 2.40. The van der Waals surface area contributed by atoms with Crippen LogP contribution in [0.15, 0.2) is 48.5 Å². The first-order valence-corrected chi connectivity index (χ1v) is 8.77. The molecule has 0 aliphatic rings. The molecule has 0 atom stereocenters. The van der Waals surface area contributed by atoms with E-state index in [9.17, 15) is 9.59 Å². The van der Waals surface area contributed by atoms with E-state index in [2.05, 4.69) is 31.4 Å². The minimum atomic E-state index is -1.29. The highest BCUT2D eigenvalue weighted by Gasteiger charge is 2.36. The zero-order valence-electron chi connectivity index (χ0n) is 16.4. The van der Waals surface area contributed by atoms with Crippen LogP contribution in [0, 0.1) is 16.7 Å². The number of rotatable bonds is 4. The Morgan fingerprint density at radius 3 is 1.93 bits per heavy atom. The second-order valence-corrected chi connectivity index (χ2v) is 8.05. The van der Waals surface area contributed by atoms with Gasteiger partial charge in [0.2, 0.25) is 11.8 Å². The molecule has 2 rings (SSSR count). The smallest absolute Gasteiger partial charge is 0.239 e. The molecule has 0 aliphatic carbocycles. The quantitative estimate of drug-likeness (QED) is 0.787. The Morgan fingerprint density at radius 1 is 0.852 bits per heavy atom. The van der Waals surface area contributed by atoms with Crippen LogP contribution in [0.4, 0.5) is 11.4 Å². The predicted octanol–water partition coefficient (Wildman–Crippen LogP) is 4.46. The van der Waals surface area contributed by atoms with Crippen molar-refractivity contribution in [1.82, 2.24) is 0 Å². The van der Waals surface area contributed by atoms with Gasteiger partial charge in [0.05, 0.1) is 11.6 Å². The van der Waals surface area contributed by atoms with E-state index >= 15 is 0 Å². The maximum Gasteiger partial charge on any atom is 0.239 e. The molecule has 0 spiro atoms. The second kappa shape index (κ2) is 7.63. The molecule has 0 heterocycles. The number of hydrogen-bond donors (Lipinski definition) is 2. The van der Waals surface area contributed by atoms with E-state index in [4.69, 9.17) is 5.26 Å². The minimum Gasteiger partial charge on any atom is -0.325 e. The molecule has 0 aromatic heterocycles. The molecule has 0 unspecified atom stereocenters. The third-order valence-corrected chi connectivity index (χ3v) is 4.39. The number of benzene rings is 2. The first kappa shape index (κ1) is 20.2. The van der Waals surface area contributed by atoms with Crippen LogP contribution in [0.2, 0.25) is 0 Å². The van der Waals surface area contributed by atoms with Gasteiger partial charge in [-0.3, -0.25) is 9.59 Å². The minimum absolute atomic E-state index is 0.0274. The highest BCUT2D eigenvalue weighted by molar-refractivity contribution is 6.14. The fourth-order valence-corrected chi connectivity index (χ4v) is 2.40. The van der Waals surface area contributed by atoms with Crippen LogP contribution < -0.4 is 10.6 Å². The van der Waals surface area contributed by atoms with Crippen LogP contribution in [-0.2, 0) is 15.0 Å². The molecule has 0 bridgehead atoms. The van der Waals surface area contributed by atoms with Gasteiger partial charge in [0.25, 0.3) is 0 Å². The van der Waals surface area contributed by atoms with Gasteiger partial charge in [-0.05, 0) is 55.2 Å². The molecular formula is C22H25N3O2. The molecule has 0 saturated carbocycles. The van der Waals surface area contributed by atoms with Crippen molar-refractivity contribution >= 4 is 23.2 Å². The Morgan fingerprint density at radius 2 is 1.41 bits per heavy atom. The largest absolute Gasteiger partial charge is 0.325 e. The third-order valence-electron chi connectivity index (χ3n) is 4.39. The fraction of sp³-hybridized carbons (Fsp3) is 0.318. The molecule has 0 radical (unpaired) electrons. The Bertz CT molecular complexity index is 885. The van der Waals surface area contributed by atoms with Crippen LogP contribution in [-0.4, -0.2) is 11.8 Å². The second-order valence-electron chi connectivity index (χ2n) is 8.05. The monoisotopic (exact) mass is 363 g/mol. The van der Waals surface area contributed by atoms with Crippen molar-refractivity contribution in [2.45, 2.75) is 40.0 Å². The summed E-state index contributed by atoms with van der Waals surface area (Å²) in [4.78, 5) is 25.2. The summed E-state index contributed by atoms with van der Waals surface area (Å²) in [5, 5.41) is 14.5. The lowest BCUT2D eigenvalue weighted by molar-refractivity contribution is -0.135. The molecule has 2 aromatic carbocycles. The number of amides is 2. The Kier molecular flexibility index (Phi) is 5.70. The van der Waals surface area contributed by atoms with Crippen molar-refractivity contribution in [2.75, 3.05) is 10.6 Å². The molecule has 0 saturated heterocycles. The lowest BCUT2D eigenvalue weighted by Crippen LogP contribution is -2.41. The molecule has 2 aromatic rings. The van der Waals surface area contributed by atoms with Gasteiger partial charge >= 0.3 is 0 Å². The van der Waals surface area contributed by atoms with Gasteiger partial charge < -0.3 is 10.6 Å². The lowest BCUT2D eigenvalue weighted by Gasteiger charge is -2.23. The number of nitriles is 1. The number of anilines is 2. The summed E-state index contributed by atoms with van der Waals surface area (Å²) < 4.78 is 0. The summed E-state index contributed by atoms with van der Waals surface area (Å²) in [5.74, 6) is -0.846. The molecule has 0 aliphatic heterocycles. The maximum atomic E-state index is 12.6. The first-order chi connectivity index (χ1) is 12.5. The van der Waals surface area contributed by atoms with Crippen molar-refractivity contribution in [3.05, 3.63) is 59.7 Å². The number of hydrogen-bond acceptors (Lipinski definition) is 3. The molecule has 27 heavy (non-hydrogen) atoms. The summed E-state index contributed by atoms with van der Waals surface area (Å²) in [7, 11) is 0. The summed E-state index contributed by atoms with van der Waals surface area (Å²) in [6.45, 7) is 9.49. The summed E-state index contributed by atoms with van der Waals surface area (Å²) in [5.41, 5.74) is 1.46. The average Bonchev–Trinajstić information content (AvgIpc) is 2.61. The zero-order chi connectivity index (χ0) is 20.2. The van der Waals surface area contributed by atoms with Gasteiger partial charge in [-0.15, -0.1) is 0 Å². The van der Waals surface area contributed by atoms with Crippen molar-refractivity contribution < 1.29 is 9.59 Å². The van der Waals surface area contributed by atoms with E-state index < -0.39 is 17.2 Å². The van der Waals surface area contributed by atoms with E-state index in [1.54, 1.807) is 38.1 Å². The van der Waals surface area contributed by atoms with E-state index in [1.165, 1.54) is 0 Å². The standard InChI is InChI=1S/C22H25N3O2/c1-21(2,3)16-9-11-17(12-10-16)24-19(26)22(4,5)20(27)25-18-8-6-7-15(13-18)14-23/h6-13H,1-5H3,(H,24,26)(H,25,27). The zero-order valence-corrected chi connectivity index (χ0v) is 16.4. The summed E-state index contributed by atoms with van der Waals surface area (Å²) in [6.07, 6.45) is 0. The van der Waals surface area contributed by atoms with E-state index in [0.717, 1.165) is 5.56 Å². The molecule has 2 N–H and O–H groups in total. The summed E-state index contributed by atoms with van der Waals surface area (Å²) >= 11 is 0. The number of carbonyl (C=O) groups excluding carboxylic acids is 2. The predicted molar refractivity (Wildman–Crippen MR) is 107 cm³/mol. The van der Waals surface area contributed by atoms with Gasteiger partial charge in [0, 0.05) is 11.4 Å². The average molecular weight is 363 g/mol. The van der Waals surface area contributed by atoms with Crippen LogP contribution in [0.1, 0.15) is 45.7 Å². The van der Waals surface area contributed by atoms with Crippen LogP contribution in [0.25, 0.3) is 0 Å². The molecule has 2 amide bonds. The van der Waals surface area contributed by atoms with Crippen molar-refractivity contribution in [1.29, 1.82) is 5.26 Å². The first-order valence-electron chi connectivity index (χ1n) is 8.77. The van der Waals surface area contributed by atoms with Crippen molar-refractivity contribution in [3.63, 3.8) is 0 Å². The maximum absolute atomic E-state index is 12.6. The van der Waals surface area contributed by atoms with Crippen molar-refractivity contribution in [3.8, 4) is 6.07 Å². The highest BCUT2D eigenvalue weighted by Crippen LogP contribution is 2.25. The topological polar surface area (TPSA) is 82.0 Å². The van der Waals surface area contributed by atoms with Gasteiger partial charge in [-0.2, -0.15) is 5.26 Å². The van der Waals surface area contributed by atoms with Gasteiger partial charge in [0.1, 0.15) is 5.41 Å². The summed E-state index contributed by atoms with van der Waals surface area (Å²) in [6, 6.07) is 16.2. The Labute approximate surface area is 160 Å². The Balaban J connectivity index is 2.09. The van der Waals surface area contributed by atoms with E-state index in [0.29, 0.717) is 16.9 Å². The van der Waals surface area contributed by atoms with Gasteiger partial charge in [-0.25, -0.2) is 0 Å². The number of nitrogens with one attached hydrogen (secondary N) is 2. The van der Waals surface area contributed by atoms with Crippen LogP contribution >= 0.6 is 0 Å². The number of nitrogens with zero attached hydrogens (tertiary/aromatic N) is 1. The molecule has 5 heteroatoms. The van der Waals surface area contributed by atoms with E-state index in [-0.39, 0.29) is 5.41 Å². The Hall–Kier alpha value is -3.13. The van der Waals surface area contributed by atoms with Crippen LogP contribution in [0.5, 0.6) is 0 Å². The molecule has 5 nitrogen and oxygen atoms in total. The SMILES string of the molecule is CC(C)(C(=O)Nc1ccc(C(C)(C)C)cc1)C(=O)Nc1cccc(C#N)c1. The van der Waals surface area contributed by atoms with E-state index in [1.807, 2.05) is 30.3 Å². The van der Waals surface area contributed by atoms with Gasteiger partial charge in [0.15, 0.2) is 0 Å². The van der Waals surface area contributed by atoms with Crippen molar-refractivity contribution in [2.24, 2.45) is 5.41 Å². The highest BCUT2D eigenvalue weighted by atomic mass is 16.2. The van der Waals surface area contributed by atoms with Gasteiger partial charge in [-0.1, -0.05) is 39.0 Å². The number of carbonyl (C=O) groups is 2. The molecule has 140 valence electrons. The van der Waals surface area contributed by atoms with Crippen LogP contribution in [0.3, 0.4) is 0 Å². The third kappa shape index (κ3) is 4.95. The normalized spacial score (nSPS) is 11.4.